The molecule has 1 amide bonds. The number of rotatable bonds is 3. The van der Waals surface area contributed by atoms with Gasteiger partial charge in [0.25, 0.3) is 5.91 Å². The second-order valence-corrected chi connectivity index (χ2v) is 6.57. The fourth-order valence-electron chi connectivity index (χ4n) is 3.65. The zero-order valence-corrected chi connectivity index (χ0v) is 15.2. The maximum Gasteiger partial charge on any atom is 0.263 e. The van der Waals surface area contributed by atoms with E-state index in [1.54, 1.807) is 42.9 Å². The van der Waals surface area contributed by atoms with E-state index >= 15 is 0 Å². The van der Waals surface area contributed by atoms with Crippen LogP contribution in [0.2, 0.25) is 0 Å². The van der Waals surface area contributed by atoms with Crippen LogP contribution in [0.25, 0.3) is 16.8 Å². The van der Waals surface area contributed by atoms with E-state index in [4.69, 9.17) is 4.74 Å². The van der Waals surface area contributed by atoms with Crippen molar-refractivity contribution in [2.24, 2.45) is 0 Å². The van der Waals surface area contributed by atoms with Crippen molar-refractivity contribution in [2.75, 3.05) is 18.6 Å². The van der Waals surface area contributed by atoms with Crippen molar-refractivity contribution in [1.29, 1.82) is 0 Å². The van der Waals surface area contributed by atoms with Gasteiger partial charge in [-0.15, -0.1) is 0 Å². The van der Waals surface area contributed by atoms with Gasteiger partial charge in [-0.25, -0.2) is 9.97 Å². The number of nitrogens with zero attached hydrogens (tertiary/aromatic N) is 5. The van der Waals surface area contributed by atoms with Crippen molar-refractivity contribution in [2.45, 2.75) is 6.42 Å². The second-order valence-electron chi connectivity index (χ2n) is 6.57. The van der Waals surface area contributed by atoms with Gasteiger partial charge in [-0.1, -0.05) is 0 Å². The molecule has 1 aliphatic rings. The van der Waals surface area contributed by atoms with Crippen molar-refractivity contribution in [3.63, 3.8) is 0 Å². The molecule has 0 saturated heterocycles. The topological polar surface area (TPSA) is 72.6 Å². The average molecular weight is 371 g/mol. The molecule has 0 atom stereocenters. The first kappa shape index (κ1) is 16.4. The highest BCUT2D eigenvalue weighted by atomic mass is 16.5. The molecule has 7 heteroatoms. The Bertz CT molecular complexity index is 1200. The van der Waals surface area contributed by atoms with E-state index in [1.165, 1.54) is 0 Å². The highest BCUT2D eigenvalue weighted by Crippen LogP contribution is 2.34. The molecule has 0 bridgehead atoms. The van der Waals surface area contributed by atoms with Crippen LogP contribution in [0, 0.1) is 0 Å². The summed E-state index contributed by atoms with van der Waals surface area (Å²) in [4.78, 5) is 28.0. The number of carbonyl (C=O) groups excluding carboxylic acids is 1. The van der Waals surface area contributed by atoms with Gasteiger partial charge < -0.3 is 9.14 Å². The summed E-state index contributed by atoms with van der Waals surface area (Å²) in [5.41, 5.74) is 4.06. The lowest BCUT2D eigenvalue weighted by Gasteiger charge is -2.17. The lowest BCUT2D eigenvalue weighted by atomic mass is 10.1. The summed E-state index contributed by atoms with van der Waals surface area (Å²) in [6.07, 6.45) is 11.4. The van der Waals surface area contributed by atoms with E-state index in [1.807, 2.05) is 28.9 Å². The SMILES string of the molecule is COc1ccncc1-c1cnc2c(c1)CCN2C(=O)c1cccn2ccnc12. The quantitative estimate of drug-likeness (QED) is 0.554. The minimum atomic E-state index is -0.0882. The Hall–Kier alpha value is -3.74. The minimum absolute atomic E-state index is 0.0882. The minimum Gasteiger partial charge on any atom is -0.496 e. The van der Waals surface area contributed by atoms with Crippen LogP contribution < -0.4 is 9.64 Å². The maximum absolute atomic E-state index is 13.2. The van der Waals surface area contributed by atoms with Crippen molar-refractivity contribution in [3.05, 3.63) is 72.6 Å². The molecule has 0 unspecified atom stereocenters. The van der Waals surface area contributed by atoms with E-state index < -0.39 is 0 Å². The normalized spacial score (nSPS) is 13.0. The van der Waals surface area contributed by atoms with Crippen molar-refractivity contribution in [3.8, 4) is 16.9 Å². The summed E-state index contributed by atoms with van der Waals surface area (Å²) < 4.78 is 7.27. The highest BCUT2D eigenvalue weighted by Gasteiger charge is 2.29. The predicted molar refractivity (Wildman–Crippen MR) is 105 cm³/mol. The van der Waals surface area contributed by atoms with Crippen LogP contribution in [0.3, 0.4) is 0 Å². The number of methoxy groups -OCH3 is 1. The predicted octanol–water partition coefficient (Wildman–Crippen LogP) is 3.00. The lowest BCUT2D eigenvalue weighted by Crippen LogP contribution is -2.30. The third-order valence-electron chi connectivity index (χ3n) is 5.01. The number of fused-ring (bicyclic) bond motifs is 2. The number of anilines is 1. The molecule has 0 N–H and O–H groups in total. The number of ether oxygens (including phenoxy) is 1. The molecule has 7 nitrogen and oxygen atoms in total. The molecular weight excluding hydrogens is 354 g/mol. The van der Waals surface area contributed by atoms with Gasteiger partial charge >= 0.3 is 0 Å². The number of hydrogen-bond donors (Lipinski definition) is 0. The van der Waals surface area contributed by atoms with Crippen LogP contribution in [0.15, 0.2) is 61.4 Å². The third-order valence-corrected chi connectivity index (χ3v) is 5.01. The number of hydrogen-bond acceptors (Lipinski definition) is 5. The number of imidazole rings is 1. The summed E-state index contributed by atoms with van der Waals surface area (Å²) in [6, 6.07) is 7.54. The molecule has 0 aromatic carbocycles. The van der Waals surface area contributed by atoms with Crippen LogP contribution >= 0.6 is 0 Å². The van der Waals surface area contributed by atoms with E-state index in [0.717, 1.165) is 28.9 Å². The van der Waals surface area contributed by atoms with E-state index in [-0.39, 0.29) is 5.91 Å². The first-order chi connectivity index (χ1) is 13.8. The summed E-state index contributed by atoms with van der Waals surface area (Å²) >= 11 is 0. The standard InChI is InChI=1S/C21H17N5O2/c1-28-18-4-6-22-13-17(18)15-11-14-5-9-26(19(14)24-12-15)21(27)16-3-2-8-25-10-7-23-20(16)25/h2-4,6-8,10-13H,5,9H2,1H3. The molecule has 1 aliphatic heterocycles. The molecule has 28 heavy (non-hydrogen) atoms. The molecular formula is C21H17N5O2. The third kappa shape index (κ3) is 2.51. The van der Waals surface area contributed by atoms with Crippen LogP contribution in [0.1, 0.15) is 15.9 Å². The molecule has 0 fully saturated rings. The van der Waals surface area contributed by atoms with E-state index in [9.17, 15) is 4.79 Å². The van der Waals surface area contributed by atoms with Crippen LogP contribution in [-0.2, 0) is 6.42 Å². The number of pyridine rings is 3. The Balaban J connectivity index is 1.52. The fourth-order valence-corrected chi connectivity index (χ4v) is 3.65. The summed E-state index contributed by atoms with van der Waals surface area (Å²) in [6.45, 7) is 0.594. The second kappa shape index (κ2) is 6.45. The Morgan fingerprint density at radius 1 is 1.14 bits per heavy atom. The van der Waals surface area contributed by atoms with Crippen LogP contribution in [0.5, 0.6) is 5.75 Å². The first-order valence-electron chi connectivity index (χ1n) is 8.97. The molecule has 5 rings (SSSR count). The Morgan fingerprint density at radius 3 is 2.96 bits per heavy atom. The molecule has 5 heterocycles. The molecule has 4 aromatic rings. The van der Waals surface area contributed by atoms with Crippen molar-refractivity contribution >= 4 is 17.4 Å². The zero-order valence-electron chi connectivity index (χ0n) is 15.2. The van der Waals surface area contributed by atoms with Gasteiger partial charge in [-0.2, -0.15) is 0 Å². The number of carbonyl (C=O) groups is 1. The van der Waals surface area contributed by atoms with E-state index in [2.05, 4.69) is 21.0 Å². The van der Waals surface area contributed by atoms with Crippen LogP contribution in [-0.4, -0.2) is 38.9 Å². The van der Waals surface area contributed by atoms with E-state index in [0.29, 0.717) is 23.6 Å². The Kier molecular flexibility index (Phi) is 3.79. The number of amides is 1. The van der Waals surface area contributed by atoms with Gasteiger partial charge in [0, 0.05) is 54.9 Å². The highest BCUT2D eigenvalue weighted by molar-refractivity contribution is 6.10. The molecule has 0 saturated carbocycles. The maximum atomic E-state index is 13.2. The average Bonchev–Trinajstić information content (AvgIpc) is 3.39. The smallest absolute Gasteiger partial charge is 0.263 e. The first-order valence-corrected chi connectivity index (χ1v) is 8.97. The summed E-state index contributed by atoms with van der Waals surface area (Å²) in [5, 5.41) is 0. The van der Waals surface area contributed by atoms with Gasteiger partial charge in [-0.3, -0.25) is 14.7 Å². The zero-order chi connectivity index (χ0) is 19.1. The Labute approximate surface area is 161 Å². The Morgan fingerprint density at radius 2 is 2.07 bits per heavy atom. The van der Waals surface area contributed by atoms with Gasteiger partial charge in [0.1, 0.15) is 17.2 Å². The molecule has 138 valence electrons. The molecule has 0 aliphatic carbocycles. The van der Waals surface area contributed by atoms with Crippen molar-refractivity contribution in [1.82, 2.24) is 19.4 Å². The summed E-state index contributed by atoms with van der Waals surface area (Å²) in [7, 11) is 1.64. The van der Waals surface area contributed by atoms with Gasteiger partial charge in [0.2, 0.25) is 0 Å². The number of aromatic nitrogens is 4. The van der Waals surface area contributed by atoms with Gasteiger partial charge in [-0.05, 0) is 36.2 Å². The van der Waals surface area contributed by atoms with Crippen molar-refractivity contribution < 1.29 is 9.53 Å². The monoisotopic (exact) mass is 371 g/mol. The molecule has 4 aromatic heterocycles. The lowest BCUT2D eigenvalue weighted by molar-refractivity contribution is 0.0990. The van der Waals surface area contributed by atoms with Crippen LogP contribution in [0.4, 0.5) is 5.82 Å². The van der Waals surface area contributed by atoms with Gasteiger partial charge in [0.05, 0.1) is 12.7 Å². The van der Waals surface area contributed by atoms with Gasteiger partial charge in [0.15, 0.2) is 0 Å². The fraction of sp³-hybridized carbons (Fsp3) is 0.143. The molecule has 0 radical (unpaired) electrons. The largest absolute Gasteiger partial charge is 0.496 e. The molecule has 0 spiro atoms. The summed E-state index contributed by atoms with van der Waals surface area (Å²) in [5.74, 6) is 1.36.